The first-order valence-electron chi connectivity index (χ1n) is 5.40. The van der Waals surface area contributed by atoms with Gasteiger partial charge in [-0.1, -0.05) is 30.3 Å². The predicted octanol–water partition coefficient (Wildman–Crippen LogP) is 2.59. The van der Waals surface area contributed by atoms with Crippen LogP contribution in [0.5, 0.6) is 0 Å². The summed E-state index contributed by atoms with van der Waals surface area (Å²) in [7, 11) is 2.07. The SMILES string of the molecule is CSCCN(C)CC(C#N)c1ccccc1. The highest BCUT2D eigenvalue weighted by atomic mass is 32.2. The van der Waals surface area contributed by atoms with Crippen molar-refractivity contribution < 1.29 is 0 Å². The van der Waals surface area contributed by atoms with Gasteiger partial charge in [-0.3, -0.25) is 0 Å². The van der Waals surface area contributed by atoms with Gasteiger partial charge in [-0.15, -0.1) is 0 Å². The molecular formula is C13H18N2S. The Morgan fingerprint density at radius 3 is 2.62 bits per heavy atom. The van der Waals surface area contributed by atoms with Crippen LogP contribution in [0.3, 0.4) is 0 Å². The van der Waals surface area contributed by atoms with E-state index in [0.717, 1.165) is 24.4 Å². The minimum atomic E-state index is -0.0203. The van der Waals surface area contributed by atoms with Gasteiger partial charge < -0.3 is 4.90 Å². The maximum Gasteiger partial charge on any atom is 0.0839 e. The zero-order valence-electron chi connectivity index (χ0n) is 9.89. The van der Waals surface area contributed by atoms with Crippen molar-refractivity contribution in [1.29, 1.82) is 5.26 Å². The highest BCUT2D eigenvalue weighted by Crippen LogP contribution is 2.15. The van der Waals surface area contributed by atoms with E-state index in [-0.39, 0.29) is 5.92 Å². The van der Waals surface area contributed by atoms with Gasteiger partial charge in [-0.2, -0.15) is 17.0 Å². The second-order valence-electron chi connectivity index (χ2n) is 3.85. The van der Waals surface area contributed by atoms with Crippen molar-refractivity contribution in [3.8, 4) is 6.07 Å². The molecule has 0 aliphatic carbocycles. The average molecular weight is 234 g/mol. The average Bonchev–Trinajstić information content (AvgIpc) is 2.34. The Morgan fingerprint density at radius 2 is 2.06 bits per heavy atom. The van der Waals surface area contributed by atoms with Crippen molar-refractivity contribution in [2.24, 2.45) is 0 Å². The van der Waals surface area contributed by atoms with Gasteiger partial charge in [-0.25, -0.2) is 0 Å². The number of nitriles is 1. The van der Waals surface area contributed by atoms with Gasteiger partial charge in [-0.05, 0) is 18.9 Å². The normalized spacial score (nSPS) is 12.4. The van der Waals surface area contributed by atoms with Crippen LogP contribution >= 0.6 is 11.8 Å². The molecular weight excluding hydrogens is 216 g/mol. The summed E-state index contributed by atoms with van der Waals surface area (Å²) in [6.45, 7) is 1.84. The second kappa shape index (κ2) is 7.32. The minimum Gasteiger partial charge on any atom is -0.304 e. The molecule has 0 saturated carbocycles. The Hall–Kier alpha value is -0.980. The Kier molecular flexibility index (Phi) is 5.99. The molecule has 0 N–H and O–H groups in total. The summed E-state index contributed by atoms with van der Waals surface area (Å²) in [5, 5.41) is 9.17. The van der Waals surface area contributed by atoms with Crippen molar-refractivity contribution >= 4 is 11.8 Å². The number of hydrogen-bond acceptors (Lipinski definition) is 3. The lowest BCUT2D eigenvalue weighted by molar-refractivity contribution is 0.348. The Morgan fingerprint density at radius 1 is 1.38 bits per heavy atom. The lowest BCUT2D eigenvalue weighted by atomic mass is 10.0. The van der Waals surface area contributed by atoms with Crippen molar-refractivity contribution in [2.75, 3.05) is 32.1 Å². The minimum absolute atomic E-state index is 0.0203. The number of likely N-dealkylation sites (N-methyl/N-ethyl adjacent to an activating group) is 1. The number of benzene rings is 1. The van der Waals surface area contributed by atoms with E-state index < -0.39 is 0 Å². The van der Waals surface area contributed by atoms with E-state index in [4.69, 9.17) is 0 Å². The molecule has 0 bridgehead atoms. The van der Waals surface area contributed by atoms with Gasteiger partial charge in [0, 0.05) is 18.8 Å². The van der Waals surface area contributed by atoms with Crippen LogP contribution in [0.15, 0.2) is 30.3 Å². The van der Waals surface area contributed by atoms with E-state index >= 15 is 0 Å². The first-order chi connectivity index (χ1) is 7.77. The van der Waals surface area contributed by atoms with E-state index in [0.29, 0.717) is 0 Å². The highest BCUT2D eigenvalue weighted by Gasteiger charge is 2.12. The summed E-state index contributed by atoms with van der Waals surface area (Å²) >= 11 is 1.84. The molecule has 0 radical (unpaired) electrons. The molecule has 0 aromatic heterocycles. The molecule has 0 spiro atoms. The summed E-state index contributed by atoms with van der Waals surface area (Å²) in [4.78, 5) is 2.22. The van der Waals surface area contributed by atoms with Crippen LogP contribution in [0.1, 0.15) is 11.5 Å². The molecule has 2 nitrogen and oxygen atoms in total. The van der Waals surface area contributed by atoms with Crippen LogP contribution in [0.25, 0.3) is 0 Å². The van der Waals surface area contributed by atoms with E-state index in [1.165, 1.54) is 0 Å². The molecule has 0 amide bonds. The molecule has 16 heavy (non-hydrogen) atoms. The van der Waals surface area contributed by atoms with Crippen molar-refractivity contribution in [2.45, 2.75) is 5.92 Å². The van der Waals surface area contributed by atoms with Crippen LogP contribution in [0.2, 0.25) is 0 Å². The third-order valence-electron chi connectivity index (χ3n) is 2.53. The van der Waals surface area contributed by atoms with E-state index in [1.807, 2.05) is 42.1 Å². The zero-order valence-corrected chi connectivity index (χ0v) is 10.7. The number of nitrogens with zero attached hydrogens (tertiary/aromatic N) is 2. The van der Waals surface area contributed by atoms with Crippen LogP contribution in [0, 0.1) is 11.3 Å². The third-order valence-corrected chi connectivity index (χ3v) is 3.12. The van der Waals surface area contributed by atoms with Gasteiger partial charge in [0.25, 0.3) is 0 Å². The Labute approximate surface area is 102 Å². The van der Waals surface area contributed by atoms with Gasteiger partial charge in [0.2, 0.25) is 0 Å². The first-order valence-corrected chi connectivity index (χ1v) is 6.79. The quantitative estimate of drug-likeness (QED) is 0.757. The lowest BCUT2D eigenvalue weighted by Crippen LogP contribution is -2.26. The highest BCUT2D eigenvalue weighted by molar-refractivity contribution is 7.98. The molecule has 0 aliphatic heterocycles. The summed E-state index contributed by atoms with van der Waals surface area (Å²) in [6, 6.07) is 12.4. The van der Waals surface area contributed by atoms with Crippen LogP contribution in [-0.2, 0) is 0 Å². The lowest BCUT2D eigenvalue weighted by Gasteiger charge is -2.19. The molecule has 1 atom stereocenters. The molecule has 1 rings (SSSR count). The summed E-state index contributed by atoms with van der Waals surface area (Å²) in [6.07, 6.45) is 2.10. The molecule has 0 aliphatic rings. The first kappa shape index (κ1) is 13.1. The van der Waals surface area contributed by atoms with Crippen LogP contribution < -0.4 is 0 Å². The van der Waals surface area contributed by atoms with Gasteiger partial charge in [0.05, 0.1) is 12.0 Å². The number of thioether (sulfide) groups is 1. The molecule has 1 aromatic carbocycles. The maximum absolute atomic E-state index is 9.17. The summed E-state index contributed by atoms with van der Waals surface area (Å²) in [5.41, 5.74) is 1.11. The Bertz CT molecular complexity index is 332. The van der Waals surface area contributed by atoms with E-state index in [2.05, 4.69) is 24.3 Å². The number of hydrogen-bond donors (Lipinski definition) is 0. The molecule has 3 heteroatoms. The standard InChI is InChI=1S/C13H18N2S/c1-15(8-9-16-2)11-13(10-14)12-6-4-3-5-7-12/h3-7,13H,8-9,11H2,1-2H3. The molecule has 0 fully saturated rings. The van der Waals surface area contributed by atoms with Crippen LogP contribution in [0.4, 0.5) is 0 Å². The fourth-order valence-electron chi connectivity index (χ4n) is 1.56. The predicted molar refractivity (Wildman–Crippen MR) is 70.7 cm³/mol. The topological polar surface area (TPSA) is 27.0 Å². The largest absolute Gasteiger partial charge is 0.304 e. The van der Waals surface area contributed by atoms with E-state index in [1.54, 1.807) is 0 Å². The van der Waals surface area contributed by atoms with Crippen molar-refractivity contribution in [3.63, 3.8) is 0 Å². The van der Waals surface area contributed by atoms with Gasteiger partial charge in [0.15, 0.2) is 0 Å². The fourth-order valence-corrected chi connectivity index (χ4v) is 2.05. The van der Waals surface area contributed by atoms with Crippen LogP contribution in [-0.4, -0.2) is 37.0 Å². The smallest absolute Gasteiger partial charge is 0.0839 e. The number of rotatable bonds is 6. The molecule has 86 valence electrons. The van der Waals surface area contributed by atoms with Gasteiger partial charge >= 0.3 is 0 Å². The van der Waals surface area contributed by atoms with Crippen molar-refractivity contribution in [3.05, 3.63) is 35.9 Å². The summed E-state index contributed by atoms with van der Waals surface area (Å²) in [5.74, 6) is 1.09. The third kappa shape index (κ3) is 4.26. The second-order valence-corrected chi connectivity index (χ2v) is 4.83. The molecule has 0 saturated heterocycles. The summed E-state index contributed by atoms with van der Waals surface area (Å²) < 4.78 is 0. The van der Waals surface area contributed by atoms with Gasteiger partial charge in [0.1, 0.15) is 0 Å². The molecule has 1 unspecified atom stereocenters. The Balaban J connectivity index is 2.53. The zero-order chi connectivity index (χ0) is 11.8. The maximum atomic E-state index is 9.17. The molecule has 0 heterocycles. The van der Waals surface area contributed by atoms with Crippen molar-refractivity contribution in [1.82, 2.24) is 4.90 Å². The molecule has 1 aromatic rings. The van der Waals surface area contributed by atoms with E-state index in [9.17, 15) is 5.26 Å². The fraction of sp³-hybridized carbons (Fsp3) is 0.462. The monoisotopic (exact) mass is 234 g/mol.